The Morgan fingerprint density at radius 3 is 2.13 bits per heavy atom. The van der Waals surface area contributed by atoms with Crippen LogP contribution in [0.15, 0.2) is 30.3 Å². The fraction of sp³-hybridized carbons (Fsp3) is 0.500. The van der Waals surface area contributed by atoms with E-state index in [1.165, 1.54) is 0 Å². The Hall–Kier alpha value is -3.18. The fourth-order valence-corrected chi connectivity index (χ4v) is 2.97. The standard InChI is InChI=1S/C20H25NO10/c1-11(22)27-10-15-17(29-12(2)23)18(30-13(3)24)16(19(25)31-15)21-20(26)28-9-14-7-5-4-6-8-14/h4-8,15-19,25H,9-10H2,1-3H3,(H,21,26)/t15?,16?,17?,18-,19-/m1/s1. The zero-order valence-corrected chi connectivity index (χ0v) is 17.3. The van der Waals surface area contributed by atoms with Gasteiger partial charge in [0.1, 0.15) is 25.4 Å². The van der Waals surface area contributed by atoms with Crippen molar-refractivity contribution in [3.05, 3.63) is 35.9 Å². The quantitative estimate of drug-likeness (QED) is 0.453. The summed E-state index contributed by atoms with van der Waals surface area (Å²) in [5, 5.41) is 12.8. The minimum atomic E-state index is -1.68. The highest BCUT2D eigenvalue weighted by molar-refractivity contribution is 5.69. The number of alkyl carbamates (subject to hydrolysis) is 1. The van der Waals surface area contributed by atoms with E-state index in [0.717, 1.165) is 26.3 Å². The van der Waals surface area contributed by atoms with E-state index >= 15 is 0 Å². The second kappa shape index (κ2) is 11.3. The first-order chi connectivity index (χ1) is 14.7. The predicted molar refractivity (Wildman–Crippen MR) is 102 cm³/mol. The Morgan fingerprint density at radius 2 is 1.55 bits per heavy atom. The van der Waals surface area contributed by atoms with Crippen LogP contribution in [0.4, 0.5) is 4.79 Å². The molecule has 11 heteroatoms. The number of benzene rings is 1. The van der Waals surface area contributed by atoms with Crippen molar-refractivity contribution in [1.29, 1.82) is 0 Å². The molecular formula is C20H25NO10. The molecule has 11 nitrogen and oxygen atoms in total. The summed E-state index contributed by atoms with van der Waals surface area (Å²) in [4.78, 5) is 46.7. The van der Waals surface area contributed by atoms with Gasteiger partial charge in [-0.15, -0.1) is 0 Å². The maximum absolute atomic E-state index is 12.3. The van der Waals surface area contributed by atoms with Gasteiger partial charge in [0.2, 0.25) is 0 Å². The fourth-order valence-electron chi connectivity index (χ4n) is 2.97. The Balaban J connectivity index is 2.16. The first kappa shape index (κ1) is 24.1. The number of amides is 1. The van der Waals surface area contributed by atoms with E-state index < -0.39 is 54.6 Å². The minimum Gasteiger partial charge on any atom is -0.463 e. The van der Waals surface area contributed by atoms with E-state index in [4.69, 9.17) is 23.7 Å². The van der Waals surface area contributed by atoms with Crippen LogP contribution in [0.25, 0.3) is 0 Å². The van der Waals surface area contributed by atoms with Gasteiger partial charge in [-0.25, -0.2) is 4.79 Å². The van der Waals surface area contributed by atoms with Gasteiger partial charge in [-0.1, -0.05) is 30.3 Å². The summed E-state index contributed by atoms with van der Waals surface area (Å²) in [5.74, 6) is -2.12. The van der Waals surface area contributed by atoms with Crippen molar-refractivity contribution in [2.45, 2.75) is 58.0 Å². The molecule has 3 unspecified atom stereocenters. The average Bonchev–Trinajstić information content (AvgIpc) is 2.70. The van der Waals surface area contributed by atoms with E-state index in [-0.39, 0.29) is 13.2 Å². The third-order valence-electron chi connectivity index (χ3n) is 4.22. The number of hydrogen-bond donors (Lipinski definition) is 2. The number of hydrogen-bond acceptors (Lipinski definition) is 10. The zero-order chi connectivity index (χ0) is 23.0. The molecule has 1 aliphatic heterocycles. The SMILES string of the molecule is CC(=O)OCC1O[C@@H](O)C(NC(=O)OCc2ccccc2)[C@@H](OC(C)=O)C1OC(C)=O. The van der Waals surface area contributed by atoms with Gasteiger partial charge in [-0.3, -0.25) is 14.4 Å². The molecule has 1 fully saturated rings. The molecule has 1 aromatic rings. The smallest absolute Gasteiger partial charge is 0.407 e. The number of aliphatic hydroxyl groups is 1. The average molecular weight is 439 g/mol. The lowest BCUT2D eigenvalue weighted by atomic mass is 9.96. The van der Waals surface area contributed by atoms with Crippen LogP contribution in [-0.4, -0.2) is 66.4 Å². The van der Waals surface area contributed by atoms with Crippen molar-refractivity contribution < 1.29 is 48.0 Å². The monoisotopic (exact) mass is 439 g/mol. The molecule has 0 bridgehead atoms. The third-order valence-corrected chi connectivity index (χ3v) is 4.22. The van der Waals surface area contributed by atoms with E-state index in [2.05, 4.69) is 5.32 Å². The van der Waals surface area contributed by atoms with E-state index in [1.54, 1.807) is 24.3 Å². The van der Waals surface area contributed by atoms with Crippen LogP contribution >= 0.6 is 0 Å². The highest BCUT2D eigenvalue weighted by atomic mass is 16.7. The van der Waals surface area contributed by atoms with E-state index in [9.17, 15) is 24.3 Å². The number of rotatable bonds is 7. The van der Waals surface area contributed by atoms with Gasteiger partial charge in [0.05, 0.1) is 0 Å². The van der Waals surface area contributed by atoms with Crippen molar-refractivity contribution in [2.75, 3.05) is 6.61 Å². The van der Waals surface area contributed by atoms with Gasteiger partial charge in [-0.05, 0) is 5.56 Å². The van der Waals surface area contributed by atoms with Crippen molar-refractivity contribution in [1.82, 2.24) is 5.32 Å². The normalized spacial score (nSPS) is 25.1. The van der Waals surface area contributed by atoms with Crippen molar-refractivity contribution in [3.63, 3.8) is 0 Å². The van der Waals surface area contributed by atoms with E-state index in [1.807, 2.05) is 6.07 Å². The highest BCUT2D eigenvalue weighted by Crippen LogP contribution is 2.26. The van der Waals surface area contributed by atoms with Crippen LogP contribution in [-0.2, 0) is 44.7 Å². The second-order valence-corrected chi connectivity index (χ2v) is 6.75. The molecule has 2 N–H and O–H groups in total. The largest absolute Gasteiger partial charge is 0.463 e. The number of carbonyl (C=O) groups excluding carboxylic acids is 4. The second-order valence-electron chi connectivity index (χ2n) is 6.75. The molecule has 5 atom stereocenters. The summed E-state index contributed by atoms with van der Waals surface area (Å²) in [6.45, 7) is 2.97. The first-order valence-corrected chi connectivity index (χ1v) is 9.46. The molecule has 1 amide bonds. The molecule has 0 saturated carbocycles. The van der Waals surface area contributed by atoms with Gasteiger partial charge in [0.25, 0.3) is 0 Å². The molecule has 0 spiro atoms. The summed E-state index contributed by atoms with van der Waals surface area (Å²) in [6.07, 6.45) is -6.36. The number of ether oxygens (including phenoxy) is 5. The molecule has 1 heterocycles. The van der Waals surface area contributed by atoms with Crippen molar-refractivity contribution in [2.24, 2.45) is 0 Å². The number of carbonyl (C=O) groups is 4. The van der Waals surface area contributed by atoms with Crippen LogP contribution < -0.4 is 5.32 Å². The summed E-state index contributed by atoms with van der Waals surface area (Å²) in [5.41, 5.74) is 0.730. The van der Waals surface area contributed by atoms with Crippen LogP contribution in [0, 0.1) is 0 Å². The van der Waals surface area contributed by atoms with Gasteiger partial charge < -0.3 is 34.1 Å². The lowest BCUT2D eigenvalue weighted by molar-refractivity contribution is -0.264. The Bertz CT molecular complexity index is 783. The van der Waals surface area contributed by atoms with Gasteiger partial charge in [-0.2, -0.15) is 0 Å². The van der Waals surface area contributed by atoms with Gasteiger partial charge in [0, 0.05) is 20.8 Å². The Labute approximate surface area is 178 Å². The summed E-state index contributed by atoms with van der Waals surface area (Å²) < 4.78 is 25.8. The first-order valence-electron chi connectivity index (χ1n) is 9.46. The minimum absolute atomic E-state index is 0.0446. The molecule has 1 aliphatic rings. The maximum Gasteiger partial charge on any atom is 0.407 e. The van der Waals surface area contributed by atoms with Crippen LogP contribution in [0.5, 0.6) is 0 Å². The number of esters is 3. The van der Waals surface area contributed by atoms with Crippen LogP contribution in [0.2, 0.25) is 0 Å². The van der Waals surface area contributed by atoms with Crippen LogP contribution in [0.3, 0.4) is 0 Å². The molecule has 170 valence electrons. The van der Waals surface area contributed by atoms with Crippen molar-refractivity contribution >= 4 is 24.0 Å². The van der Waals surface area contributed by atoms with Gasteiger partial charge >= 0.3 is 24.0 Å². The zero-order valence-electron chi connectivity index (χ0n) is 17.3. The predicted octanol–water partition coefficient (Wildman–Crippen LogP) is 0.425. The van der Waals surface area contributed by atoms with Crippen molar-refractivity contribution in [3.8, 4) is 0 Å². The molecule has 31 heavy (non-hydrogen) atoms. The Kier molecular flexibility index (Phi) is 8.76. The lowest BCUT2D eigenvalue weighted by Gasteiger charge is -2.43. The number of aliphatic hydroxyl groups excluding tert-OH is 1. The summed E-state index contributed by atoms with van der Waals surface area (Å²) >= 11 is 0. The molecule has 2 rings (SSSR count). The maximum atomic E-state index is 12.3. The highest BCUT2D eigenvalue weighted by Gasteiger charge is 2.50. The molecule has 0 aromatic heterocycles. The van der Waals surface area contributed by atoms with Crippen LogP contribution in [0.1, 0.15) is 26.3 Å². The lowest BCUT2D eigenvalue weighted by Crippen LogP contribution is -2.66. The molecule has 0 radical (unpaired) electrons. The van der Waals surface area contributed by atoms with E-state index in [0.29, 0.717) is 0 Å². The molecule has 0 aliphatic carbocycles. The molecule has 1 saturated heterocycles. The molecule has 1 aromatic carbocycles. The molecular weight excluding hydrogens is 414 g/mol. The number of nitrogens with one attached hydrogen (secondary N) is 1. The Morgan fingerprint density at radius 1 is 0.935 bits per heavy atom. The summed E-state index contributed by atoms with van der Waals surface area (Å²) in [7, 11) is 0. The third kappa shape index (κ3) is 7.54. The summed E-state index contributed by atoms with van der Waals surface area (Å²) in [6, 6.07) is 7.54. The van der Waals surface area contributed by atoms with Gasteiger partial charge in [0.15, 0.2) is 18.5 Å². The topological polar surface area (TPSA) is 147 Å².